The minimum absolute atomic E-state index is 0.140. The molecule has 2 aliphatic heterocycles. The average molecular weight is 337 g/mol. The molecule has 3 heterocycles. The second kappa shape index (κ2) is 5.89. The molecule has 2 aromatic rings. The number of benzene rings is 1. The Balaban J connectivity index is 1.83. The maximum Gasteiger partial charge on any atom is 0.262 e. The number of aliphatic hydroxyl groups excluding tert-OH is 1. The van der Waals surface area contributed by atoms with Crippen molar-refractivity contribution in [2.45, 2.75) is 18.9 Å². The third-order valence-corrected chi connectivity index (χ3v) is 4.87. The van der Waals surface area contributed by atoms with Gasteiger partial charge in [0, 0.05) is 29.7 Å². The van der Waals surface area contributed by atoms with Crippen molar-refractivity contribution in [3.8, 4) is 0 Å². The number of hydrogen-bond donors (Lipinski definition) is 3. The van der Waals surface area contributed by atoms with Gasteiger partial charge in [0.15, 0.2) is 0 Å². The van der Waals surface area contributed by atoms with Gasteiger partial charge in [-0.15, -0.1) is 6.58 Å². The number of nitrogens with one attached hydrogen (secondary N) is 2. The Bertz CT molecular complexity index is 925. The third kappa shape index (κ3) is 2.37. The monoisotopic (exact) mass is 337 g/mol. The van der Waals surface area contributed by atoms with Crippen molar-refractivity contribution >= 4 is 22.7 Å². The fourth-order valence-corrected chi connectivity index (χ4v) is 3.75. The summed E-state index contributed by atoms with van der Waals surface area (Å²) in [5.41, 5.74) is 3.28. The number of fused-ring (bicyclic) bond motifs is 3. The van der Waals surface area contributed by atoms with E-state index in [1.807, 2.05) is 18.2 Å². The van der Waals surface area contributed by atoms with Crippen molar-refractivity contribution < 1.29 is 14.7 Å². The van der Waals surface area contributed by atoms with Crippen molar-refractivity contribution in [1.82, 2.24) is 15.2 Å². The number of nitrogens with zero attached hydrogens (tertiary/aromatic N) is 1. The van der Waals surface area contributed by atoms with Crippen LogP contribution in [-0.4, -0.2) is 39.9 Å². The molecule has 2 aliphatic rings. The number of hydrogen-bond acceptors (Lipinski definition) is 4. The first-order chi connectivity index (χ1) is 12.1. The van der Waals surface area contributed by atoms with Gasteiger partial charge >= 0.3 is 0 Å². The van der Waals surface area contributed by atoms with E-state index < -0.39 is 17.9 Å². The standard InChI is InChI=1S/C19H19N3O3/c1-2-9-22-15(24)10-14(23)16(19(22)25)18-17-12(7-8-20-18)11-5-3-4-6-13(11)21-17/h2-6,18,20-21,23H,1,7-10H2. The fraction of sp³-hybridized carbons (Fsp3) is 0.263. The van der Waals surface area contributed by atoms with Crippen LogP contribution in [0.5, 0.6) is 0 Å². The largest absolute Gasteiger partial charge is 0.511 e. The van der Waals surface area contributed by atoms with Gasteiger partial charge in [0.25, 0.3) is 5.91 Å². The Labute approximate surface area is 144 Å². The zero-order valence-electron chi connectivity index (χ0n) is 13.7. The molecular weight excluding hydrogens is 318 g/mol. The summed E-state index contributed by atoms with van der Waals surface area (Å²) in [7, 11) is 0. The summed E-state index contributed by atoms with van der Waals surface area (Å²) in [6.45, 7) is 4.43. The van der Waals surface area contributed by atoms with Crippen molar-refractivity contribution in [2.24, 2.45) is 0 Å². The van der Waals surface area contributed by atoms with Gasteiger partial charge in [0.2, 0.25) is 5.91 Å². The quantitative estimate of drug-likeness (QED) is 0.591. The molecule has 1 aromatic carbocycles. The molecule has 4 rings (SSSR count). The van der Waals surface area contributed by atoms with Crippen LogP contribution >= 0.6 is 0 Å². The molecule has 2 amide bonds. The van der Waals surface area contributed by atoms with Crippen molar-refractivity contribution in [1.29, 1.82) is 0 Å². The predicted molar refractivity (Wildman–Crippen MR) is 93.9 cm³/mol. The van der Waals surface area contributed by atoms with E-state index in [9.17, 15) is 14.7 Å². The highest BCUT2D eigenvalue weighted by atomic mass is 16.3. The maximum absolute atomic E-state index is 12.8. The number of H-pyrrole nitrogens is 1. The van der Waals surface area contributed by atoms with Gasteiger partial charge in [0.05, 0.1) is 18.0 Å². The topological polar surface area (TPSA) is 85.4 Å². The molecule has 1 unspecified atom stereocenters. The van der Waals surface area contributed by atoms with E-state index in [2.05, 4.69) is 22.9 Å². The molecule has 0 bridgehead atoms. The first kappa shape index (κ1) is 15.7. The van der Waals surface area contributed by atoms with Crippen molar-refractivity contribution in [3.05, 3.63) is 59.5 Å². The summed E-state index contributed by atoms with van der Waals surface area (Å²) in [6, 6.07) is 7.54. The van der Waals surface area contributed by atoms with Crippen LogP contribution in [0.25, 0.3) is 10.9 Å². The highest BCUT2D eigenvalue weighted by Crippen LogP contribution is 2.36. The second-order valence-corrected chi connectivity index (χ2v) is 6.34. The first-order valence-corrected chi connectivity index (χ1v) is 8.32. The van der Waals surface area contributed by atoms with Gasteiger partial charge in [-0.1, -0.05) is 24.3 Å². The molecule has 0 spiro atoms. The van der Waals surface area contributed by atoms with E-state index in [1.165, 1.54) is 6.08 Å². The van der Waals surface area contributed by atoms with Crippen LogP contribution in [0.15, 0.2) is 48.3 Å². The Hall–Kier alpha value is -2.86. The molecular formula is C19H19N3O3. The lowest BCUT2D eigenvalue weighted by Gasteiger charge is -2.32. The van der Waals surface area contributed by atoms with E-state index in [-0.39, 0.29) is 24.3 Å². The number of aromatic nitrogens is 1. The predicted octanol–water partition coefficient (Wildman–Crippen LogP) is 2.11. The van der Waals surface area contributed by atoms with Gasteiger partial charge in [-0.25, -0.2) is 0 Å². The van der Waals surface area contributed by atoms with Crippen LogP contribution in [0.1, 0.15) is 23.7 Å². The van der Waals surface area contributed by atoms with Crippen LogP contribution < -0.4 is 5.32 Å². The average Bonchev–Trinajstić information content (AvgIpc) is 2.98. The number of para-hydroxylation sites is 1. The molecule has 6 nitrogen and oxygen atoms in total. The molecule has 1 aromatic heterocycles. The second-order valence-electron chi connectivity index (χ2n) is 6.34. The zero-order chi connectivity index (χ0) is 17.6. The maximum atomic E-state index is 12.8. The third-order valence-electron chi connectivity index (χ3n) is 4.87. The van der Waals surface area contributed by atoms with E-state index in [0.717, 1.165) is 33.5 Å². The molecule has 25 heavy (non-hydrogen) atoms. The Morgan fingerprint density at radius 2 is 2.12 bits per heavy atom. The molecule has 0 aliphatic carbocycles. The lowest BCUT2D eigenvalue weighted by atomic mass is 9.90. The number of aliphatic hydroxyl groups is 1. The minimum atomic E-state index is -0.461. The van der Waals surface area contributed by atoms with Gasteiger partial charge in [-0.2, -0.15) is 0 Å². The zero-order valence-corrected chi connectivity index (χ0v) is 13.7. The molecule has 0 saturated heterocycles. The Morgan fingerprint density at radius 3 is 2.92 bits per heavy atom. The SMILES string of the molecule is C=CCN1C(=O)CC(O)=C(C2NCCc3c2[nH]c2ccccc32)C1=O. The summed E-state index contributed by atoms with van der Waals surface area (Å²) in [5.74, 6) is -1.02. The number of carbonyl (C=O) groups is 2. The number of amides is 2. The van der Waals surface area contributed by atoms with Crippen LogP contribution in [0.4, 0.5) is 0 Å². The van der Waals surface area contributed by atoms with Crippen LogP contribution in [-0.2, 0) is 16.0 Å². The molecule has 1 atom stereocenters. The van der Waals surface area contributed by atoms with Crippen LogP contribution in [0, 0.1) is 0 Å². The molecule has 0 saturated carbocycles. The number of imide groups is 1. The van der Waals surface area contributed by atoms with Gasteiger partial charge in [0.1, 0.15) is 5.76 Å². The number of aromatic amines is 1. The minimum Gasteiger partial charge on any atom is -0.511 e. The summed E-state index contributed by atoms with van der Waals surface area (Å²) in [6.07, 6.45) is 2.19. The van der Waals surface area contributed by atoms with Gasteiger partial charge < -0.3 is 15.4 Å². The normalized spacial score (nSPS) is 21.0. The van der Waals surface area contributed by atoms with Crippen LogP contribution in [0.2, 0.25) is 0 Å². The highest BCUT2D eigenvalue weighted by Gasteiger charge is 2.39. The highest BCUT2D eigenvalue weighted by molar-refractivity contribution is 6.09. The molecule has 6 heteroatoms. The molecule has 3 N–H and O–H groups in total. The Morgan fingerprint density at radius 1 is 1.32 bits per heavy atom. The number of carbonyl (C=O) groups excluding carboxylic acids is 2. The first-order valence-electron chi connectivity index (χ1n) is 8.32. The smallest absolute Gasteiger partial charge is 0.262 e. The Kier molecular flexibility index (Phi) is 3.69. The summed E-state index contributed by atoms with van der Waals surface area (Å²) in [4.78, 5) is 29.4. The lowest BCUT2D eigenvalue weighted by molar-refractivity contribution is -0.143. The summed E-state index contributed by atoms with van der Waals surface area (Å²) in [5, 5.41) is 14.8. The number of rotatable bonds is 3. The van der Waals surface area contributed by atoms with Gasteiger partial charge in [-0.3, -0.25) is 14.5 Å². The fourth-order valence-electron chi connectivity index (χ4n) is 3.75. The van der Waals surface area contributed by atoms with E-state index in [4.69, 9.17) is 0 Å². The summed E-state index contributed by atoms with van der Waals surface area (Å²) < 4.78 is 0. The van der Waals surface area contributed by atoms with Crippen molar-refractivity contribution in [2.75, 3.05) is 13.1 Å². The summed E-state index contributed by atoms with van der Waals surface area (Å²) >= 11 is 0. The van der Waals surface area contributed by atoms with Gasteiger partial charge in [-0.05, 0) is 18.1 Å². The van der Waals surface area contributed by atoms with Crippen molar-refractivity contribution in [3.63, 3.8) is 0 Å². The molecule has 0 fully saturated rings. The van der Waals surface area contributed by atoms with Crippen LogP contribution in [0.3, 0.4) is 0 Å². The lowest BCUT2D eigenvalue weighted by Crippen LogP contribution is -2.46. The molecule has 0 radical (unpaired) electrons. The van der Waals surface area contributed by atoms with E-state index in [1.54, 1.807) is 0 Å². The molecule has 128 valence electrons. The van der Waals surface area contributed by atoms with E-state index >= 15 is 0 Å². The van der Waals surface area contributed by atoms with E-state index in [0.29, 0.717) is 6.54 Å².